The van der Waals surface area contributed by atoms with Crippen LogP contribution in [0.15, 0.2) is 48.5 Å². The maximum Gasteiger partial charge on any atom is 0.251 e. The van der Waals surface area contributed by atoms with Crippen LogP contribution in [0.3, 0.4) is 0 Å². The van der Waals surface area contributed by atoms with Gasteiger partial charge in [0.25, 0.3) is 5.91 Å². The predicted molar refractivity (Wildman–Crippen MR) is 83.2 cm³/mol. The Morgan fingerprint density at radius 3 is 2.38 bits per heavy atom. The van der Waals surface area contributed by atoms with Crippen LogP contribution < -0.4 is 10.2 Å². The summed E-state index contributed by atoms with van der Waals surface area (Å²) in [5.74, 6) is -0.376. The second-order valence-electron chi connectivity index (χ2n) is 5.04. The molecule has 2 aromatic rings. The molecule has 1 N–H and O–H groups in total. The van der Waals surface area contributed by atoms with Gasteiger partial charge in [-0.2, -0.15) is 0 Å². The molecule has 0 aliphatic carbocycles. The molecule has 0 unspecified atom stereocenters. The first kappa shape index (κ1) is 15.0. The Morgan fingerprint density at radius 2 is 1.76 bits per heavy atom. The molecule has 0 heterocycles. The second kappa shape index (κ2) is 6.88. The highest BCUT2D eigenvalue weighted by atomic mass is 19.1. The summed E-state index contributed by atoms with van der Waals surface area (Å²) in [6.07, 6.45) is 0.480. The lowest BCUT2D eigenvalue weighted by Gasteiger charge is -2.12. The highest BCUT2D eigenvalue weighted by Crippen LogP contribution is 2.12. The molecule has 0 saturated heterocycles. The summed E-state index contributed by atoms with van der Waals surface area (Å²) in [6, 6.07) is 14.0. The first-order chi connectivity index (χ1) is 10.1. The van der Waals surface area contributed by atoms with E-state index in [-0.39, 0.29) is 11.7 Å². The fourth-order valence-corrected chi connectivity index (χ4v) is 2.02. The number of hydrogen-bond acceptors (Lipinski definition) is 2. The van der Waals surface area contributed by atoms with Crippen molar-refractivity contribution in [3.63, 3.8) is 0 Å². The number of rotatable bonds is 5. The van der Waals surface area contributed by atoms with Crippen molar-refractivity contribution in [3.05, 3.63) is 65.5 Å². The number of anilines is 1. The maximum absolute atomic E-state index is 13.4. The molecule has 0 aliphatic heterocycles. The fourth-order valence-electron chi connectivity index (χ4n) is 2.02. The topological polar surface area (TPSA) is 32.3 Å². The van der Waals surface area contributed by atoms with E-state index in [2.05, 4.69) is 5.32 Å². The van der Waals surface area contributed by atoms with Gasteiger partial charge in [-0.25, -0.2) is 4.39 Å². The van der Waals surface area contributed by atoms with Crippen LogP contribution in [0.25, 0.3) is 0 Å². The van der Waals surface area contributed by atoms with E-state index >= 15 is 0 Å². The van der Waals surface area contributed by atoms with Crippen molar-refractivity contribution in [1.29, 1.82) is 0 Å². The lowest BCUT2D eigenvalue weighted by atomic mass is 10.1. The van der Waals surface area contributed by atoms with Gasteiger partial charge >= 0.3 is 0 Å². The quantitative estimate of drug-likeness (QED) is 0.916. The summed E-state index contributed by atoms with van der Waals surface area (Å²) in [4.78, 5) is 14.0. The molecule has 0 aromatic heterocycles. The number of carbonyl (C=O) groups excluding carboxylic acids is 1. The Labute approximate surface area is 124 Å². The molecule has 0 fully saturated rings. The monoisotopic (exact) mass is 286 g/mol. The normalized spacial score (nSPS) is 10.2. The van der Waals surface area contributed by atoms with Crippen LogP contribution in [0.4, 0.5) is 10.1 Å². The van der Waals surface area contributed by atoms with Crippen molar-refractivity contribution >= 4 is 11.6 Å². The minimum atomic E-state index is -0.234. The van der Waals surface area contributed by atoms with Crippen molar-refractivity contribution in [1.82, 2.24) is 5.32 Å². The molecule has 0 bridgehead atoms. The van der Waals surface area contributed by atoms with E-state index in [0.29, 0.717) is 24.1 Å². The molecule has 2 rings (SSSR count). The van der Waals surface area contributed by atoms with Gasteiger partial charge in [-0.15, -0.1) is 0 Å². The molecule has 21 heavy (non-hydrogen) atoms. The van der Waals surface area contributed by atoms with Crippen molar-refractivity contribution < 1.29 is 9.18 Å². The third-order valence-electron chi connectivity index (χ3n) is 3.28. The molecule has 2 aromatic carbocycles. The maximum atomic E-state index is 13.4. The molecule has 110 valence electrons. The van der Waals surface area contributed by atoms with E-state index in [1.54, 1.807) is 30.3 Å². The SMILES string of the molecule is CN(C)c1ccc(C(=O)NCCc2ccccc2F)cc1. The van der Waals surface area contributed by atoms with E-state index in [9.17, 15) is 9.18 Å². The van der Waals surface area contributed by atoms with Crippen molar-refractivity contribution in [2.24, 2.45) is 0 Å². The van der Waals surface area contributed by atoms with Crippen LogP contribution in [0.5, 0.6) is 0 Å². The number of carbonyl (C=O) groups is 1. The van der Waals surface area contributed by atoms with E-state index in [1.807, 2.05) is 31.1 Å². The smallest absolute Gasteiger partial charge is 0.251 e. The average molecular weight is 286 g/mol. The number of halogens is 1. The second-order valence-corrected chi connectivity index (χ2v) is 5.04. The first-order valence-corrected chi connectivity index (χ1v) is 6.87. The Kier molecular flexibility index (Phi) is 4.93. The summed E-state index contributed by atoms with van der Waals surface area (Å²) in [5.41, 5.74) is 2.26. The minimum Gasteiger partial charge on any atom is -0.378 e. The van der Waals surface area contributed by atoms with Gasteiger partial charge in [0, 0.05) is 31.9 Å². The number of amides is 1. The Balaban J connectivity index is 1.88. The van der Waals surface area contributed by atoms with Crippen molar-refractivity contribution in [3.8, 4) is 0 Å². The minimum absolute atomic E-state index is 0.142. The van der Waals surface area contributed by atoms with Crippen LogP contribution in [0.2, 0.25) is 0 Å². The number of nitrogens with one attached hydrogen (secondary N) is 1. The van der Waals surface area contributed by atoms with Gasteiger partial charge in [0.1, 0.15) is 5.82 Å². The Morgan fingerprint density at radius 1 is 1.10 bits per heavy atom. The lowest BCUT2D eigenvalue weighted by molar-refractivity contribution is 0.0954. The standard InChI is InChI=1S/C17H19FN2O/c1-20(2)15-9-7-14(8-10-15)17(21)19-12-11-13-5-3-4-6-16(13)18/h3-10H,11-12H2,1-2H3,(H,19,21). The zero-order valence-corrected chi connectivity index (χ0v) is 12.3. The van der Waals surface area contributed by atoms with Gasteiger partial charge < -0.3 is 10.2 Å². The molecular formula is C17H19FN2O. The summed E-state index contributed by atoms with van der Waals surface area (Å²) >= 11 is 0. The predicted octanol–water partition coefficient (Wildman–Crippen LogP) is 2.86. The third kappa shape index (κ3) is 4.05. The van der Waals surface area contributed by atoms with E-state index in [4.69, 9.17) is 0 Å². The number of hydrogen-bond donors (Lipinski definition) is 1. The lowest BCUT2D eigenvalue weighted by Crippen LogP contribution is -2.25. The molecule has 0 spiro atoms. The molecule has 0 atom stereocenters. The highest BCUT2D eigenvalue weighted by molar-refractivity contribution is 5.94. The fraction of sp³-hybridized carbons (Fsp3) is 0.235. The van der Waals surface area contributed by atoms with Crippen LogP contribution in [0.1, 0.15) is 15.9 Å². The van der Waals surface area contributed by atoms with Gasteiger partial charge in [0.2, 0.25) is 0 Å². The van der Waals surface area contributed by atoms with Gasteiger partial charge in [-0.1, -0.05) is 18.2 Å². The molecular weight excluding hydrogens is 267 g/mol. The molecule has 4 heteroatoms. The number of benzene rings is 2. The summed E-state index contributed by atoms with van der Waals surface area (Å²) < 4.78 is 13.4. The van der Waals surface area contributed by atoms with Gasteiger partial charge in [-0.3, -0.25) is 4.79 Å². The van der Waals surface area contributed by atoms with Gasteiger partial charge in [0.15, 0.2) is 0 Å². The Hall–Kier alpha value is -2.36. The summed E-state index contributed by atoms with van der Waals surface area (Å²) in [6.45, 7) is 0.412. The molecule has 1 amide bonds. The summed E-state index contributed by atoms with van der Waals surface area (Å²) in [5, 5.41) is 2.80. The van der Waals surface area contributed by atoms with Crippen molar-refractivity contribution in [2.75, 3.05) is 25.5 Å². The molecule has 0 saturated carbocycles. The zero-order chi connectivity index (χ0) is 15.2. The first-order valence-electron chi connectivity index (χ1n) is 6.87. The largest absolute Gasteiger partial charge is 0.378 e. The number of nitrogens with zero attached hydrogens (tertiary/aromatic N) is 1. The summed E-state index contributed by atoms with van der Waals surface area (Å²) in [7, 11) is 3.90. The van der Waals surface area contributed by atoms with E-state index in [0.717, 1.165) is 5.69 Å². The van der Waals surface area contributed by atoms with Gasteiger partial charge in [0.05, 0.1) is 0 Å². The van der Waals surface area contributed by atoms with Crippen LogP contribution in [-0.2, 0) is 6.42 Å². The zero-order valence-electron chi connectivity index (χ0n) is 12.3. The van der Waals surface area contributed by atoms with E-state index < -0.39 is 0 Å². The van der Waals surface area contributed by atoms with Crippen LogP contribution in [0, 0.1) is 5.82 Å². The van der Waals surface area contributed by atoms with Crippen molar-refractivity contribution in [2.45, 2.75) is 6.42 Å². The highest BCUT2D eigenvalue weighted by Gasteiger charge is 2.06. The third-order valence-corrected chi connectivity index (χ3v) is 3.28. The molecule has 0 radical (unpaired) electrons. The molecule has 3 nitrogen and oxygen atoms in total. The average Bonchev–Trinajstić information content (AvgIpc) is 2.49. The Bertz CT molecular complexity index is 608. The van der Waals surface area contributed by atoms with E-state index in [1.165, 1.54) is 6.07 Å². The van der Waals surface area contributed by atoms with Crippen LogP contribution >= 0.6 is 0 Å². The van der Waals surface area contributed by atoms with Crippen LogP contribution in [-0.4, -0.2) is 26.5 Å². The molecule has 0 aliphatic rings. The van der Waals surface area contributed by atoms with Gasteiger partial charge in [-0.05, 0) is 42.3 Å².